The number of nitrogens with one attached hydrogen (secondary N) is 1. The lowest BCUT2D eigenvalue weighted by Crippen LogP contribution is -2.44. The summed E-state index contributed by atoms with van der Waals surface area (Å²) in [5.74, 6) is 0.100. The average molecular weight is 186 g/mol. The van der Waals surface area contributed by atoms with Gasteiger partial charge in [0.25, 0.3) is 0 Å². The average Bonchev–Trinajstić information content (AvgIpc) is 2.86. The molecule has 1 saturated carbocycles. The molecule has 0 aliphatic heterocycles. The number of nitrogens with two attached hydrogens (primary N) is 1. The topological polar surface area (TPSA) is 75.3 Å². The van der Waals surface area contributed by atoms with E-state index in [4.69, 9.17) is 5.73 Å². The number of amides is 1. The first-order valence-electron chi connectivity index (χ1n) is 4.86. The van der Waals surface area contributed by atoms with Gasteiger partial charge in [-0.1, -0.05) is 6.92 Å². The highest BCUT2D eigenvalue weighted by Crippen LogP contribution is 2.32. The van der Waals surface area contributed by atoms with Crippen molar-refractivity contribution in [2.45, 2.75) is 38.3 Å². The largest absolute Gasteiger partial charge is 0.392 e. The van der Waals surface area contributed by atoms with Gasteiger partial charge in [0.15, 0.2) is 0 Å². The van der Waals surface area contributed by atoms with Gasteiger partial charge in [0.2, 0.25) is 5.91 Å². The quantitative estimate of drug-likeness (QED) is 0.529. The highest BCUT2D eigenvalue weighted by molar-refractivity contribution is 5.79. The third kappa shape index (κ3) is 3.32. The van der Waals surface area contributed by atoms with Gasteiger partial charge in [-0.15, -0.1) is 0 Å². The zero-order chi connectivity index (χ0) is 9.84. The van der Waals surface area contributed by atoms with Crippen LogP contribution in [0.1, 0.15) is 26.2 Å². The minimum Gasteiger partial charge on any atom is -0.392 e. The Morgan fingerprint density at radius 3 is 2.69 bits per heavy atom. The van der Waals surface area contributed by atoms with Crippen molar-refractivity contribution in [1.29, 1.82) is 0 Å². The molecule has 0 heterocycles. The Kier molecular flexibility index (Phi) is 3.69. The molecule has 0 spiro atoms. The predicted octanol–water partition coefficient (Wildman–Crippen LogP) is -0.389. The van der Waals surface area contributed by atoms with Gasteiger partial charge < -0.3 is 16.2 Å². The molecular formula is C9H18N2O2. The molecule has 0 bridgehead atoms. The first-order chi connectivity index (χ1) is 6.15. The molecule has 0 aromatic heterocycles. The second-order valence-corrected chi connectivity index (χ2v) is 3.68. The second-order valence-electron chi connectivity index (χ2n) is 3.68. The van der Waals surface area contributed by atoms with Gasteiger partial charge in [-0.2, -0.15) is 0 Å². The Bertz CT molecular complexity index is 180. The van der Waals surface area contributed by atoms with E-state index in [1.807, 2.05) is 6.92 Å². The molecule has 76 valence electrons. The van der Waals surface area contributed by atoms with Crippen LogP contribution in [0, 0.1) is 5.92 Å². The van der Waals surface area contributed by atoms with Crippen molar-refractivity contribution < 1.29 is 9.90 Å². The van der Waals surface area contributed by atoms with Crippen molar-refractivity contribution >= 4 is 5.91 Å². The number of aliphatic hydroxyl groups is 1. The van der Waals surface area contributed by atoms with Crippen LogP contribution in [0.15, 0.2) is 0 Å². The molecule has 2 atom stereocenters. The molecule has 0 aromatic rings. The molecule has 1 fully saturated rings. The Labute approximate surface area is 78.5 Å². The minimum atomic E-state index is -0.342. The SMILES string of the molecule is CCC(NCC(O)C1CC1)C(N)=O. The van der Waals surface area contributed by atoms with Crippen molar-refractivity contribution in [2.24, 2.45) is 11.7 Å². The number of aliphatic hydroxyl groups excluding tert-OH is 1. The third-order valence-corrected chi connectivity index (χ3v) is 2.49. The zero-order valence-electron chi connectivity index (χ0n) is 7.99. The molecule has 2 unspecified atom stereocenters. The van der Waals surface area contributed by atoms with Crippen LogP contribution in [0.3, 0.4) is 0 Å². The summed E-state index contributed by atoms with van der Waals surface area (Å²) >= 11 is 0. The third-order valence-electron chi connectivity index (χ3n) is 2.49. The number of carbonyl (C=O) groups is 1. The number of primary amides is 1. The summed E-state index contributed by atoms with van der Waals surface area (Å²) in [5.41, 5.74) is 5.14. The number of hydrogen-bond acceptors (Lipinski definition) is 3. The predicted molar refractivity (Wildman–Crippen MR) is 50.0 cm³/mol. The van der Waals surface area contributed by atoms with Crippen molar-refractivity contribution in [1.82, 2.24) is 5.32 Å². The minimum absolute atomic E-state index is 0.298. The zero-order valence-corrected chi connectivity index (χ0v) is 7.99. The maximum absolute atomic E-state index is 10.8. The van der Waals surface area contributed by atoms with Crippen LogP contribution in [0.5, 0.6) is 0 Å². The van der Waals surface area contributed by atoms with Crippen molar-refractivity contribution in [3.05, 3.63) is 0 Å². The van der Waals surface area contributed by atoms with E-state index in [1.165, 1.54) is 0 Å². The molecular weight excluding hydrogens is 168 g/mol. The molecule has 13 heavy (non-hydrogen) atoms. The number of carbonyl (C=O) groups excluding carboxylic acids is 1. The van der Waals surface area contributed by atoms with Crippen molar-refractivity contribution in [2.75, 3.05) is 6.54 Å². The maximum atomic E-state index is 10.8. The Morgan fingerprint density at radius 1 is 1.69 bits per heavy atom. The van der Waals surface area contributed by atoms with E-state index in [-0.39, 0.29) is 18.1 Å². The van der Waals surface area contributed by atoms with E-state index in [1.54, 1.807) is 0 Å². The summed E-state index contributed by atoms with van der Waals surface area (Å²) in [6.07, 6.45) is 2.58. The van der Waals surface area contributed by atoms with Crippen LogP contribution in [-0.2, 0) is 4.79 Å². The van der Waals surface area contributed by atoms with Gasteiger partial charge in [-0.05, 0) is 25.2 Å². The lowest BCUT2D eigenvalue weighted by atomic mass is 10.2. The Balaban J connectivity index is 2.18. The highest BCUT2D eigenvalue weighted by atomic mass is 16.3. The lowest BCUT2D eigenvalue weighted by Gasteiger charge is -2.16. The summed E-state index contributed by atoms with van der Waals surface area (Å²) in [6, 6.07) is -0.298. The van der Waals surface area contributed by atoms with Gasteiger partial charge in [0.1, 0.15) is 0 Å². The highest BCUT2D eigenvalue weighted by Gasteiger charge is 2.29. The summed E-state index contributed by atoms with van der Waals surface area (Å²) in [5, 5.41) is 12.5. The van der Waals surface area contributed by atoms with Crippen molar-refractivity contribution in [3.8, 4) is 0 Å². The Hall–Kier alpha value is -0.610. The van der Waals surface area contributed by atoms with Gasteiger partial charge in [0.05, 0.1) is 12.1 Å². The molecule has 1 rings (SSSR count). The van der Waals surface area contributed by atoms with Crippen LogP contribution in [0.25, 0.3) is 0 Å². The van der Waals surface area contributed by atoms with E-state index >= 15 is 0 Å². The van der Waals surface area contributed by atoms with Crippen LogP contribution >= 0.6 is 0 Å². The monoisotopic (exact) mass is 186 g/mol. The van der Waals surface area contributed by atoms with Gasteiger partial charge in [-0.3, -0.25) is 4.79 Å². The standard InChI is InChI=1S/C9H18N2O2/c1-2-7(9(10)13)11-5-8(12)6-3-4-6/h6-8,11-12H,2-5H2,1H3,(H2,10,13). The van der Waals surface area contributed by atoms with Gasteiger partial charge >= 0.3 is 0 Å². The maximum Gasteiger partial charge on any atom is 0.234 e. The fraction of sp³-hybridized carbons (Fsp3) is 0.889. The normalized spacial score (nSPS) is 21.1. The van der Waals surface area contributed by atoms with E-state index in [0.717, 1.165) is 12.8 Å². The summed E-state index contributed by atoms with van der Waals surface area (Å²) in [7, 11) is 0. The molecule has 1 aliphatic carbocycles. The lowest BCUT2D eigenvalue weighted by molar-refractivity contribution is -0.120. The second kappa shape index (κ2) is 4.58. The molecule has 1 amide bonds. The van der Waals surface area contributed by atoms with Gasteiger partial charge in [-0.25, -0.2) is 0 Å². The molecule has 4 heteroatoms. The Morgan fingerprint density at radius 2 is 2.31 bits per heavy atom. The first-order valence-corrected chi connectivity index (χ1v) is 4.86. The van der Waals surface area contributed by atoms with Crippen LogP contribution in [0.4, 0.5) is 0 Å². The summed E-state index contributed by atoms with van der Waals surface area (Å²) < 4.78 is 0. The summed E-state index contributed by atoms with van der Waals surface area (Å²) in [4.78, 5) is 10.8. The van der Waals surface area contributed by atoms with E-state index in [9.17, 15) is 9.90 Å². The van der Waals surface area contributed by atoms with E-state index < -0.39 is 0 Å². The molecule has 0 aromatic carbocycles. The van der Waals surface area contributed by atoms with E-state index in [2.05, 4.69) is 5.32 Å². The molecule has 0 radical (unpaired) electrons. The molecule has 4 nitrogen and oxygen atoms in total. The first kappa shape index (κ1) is 10.5. The smallest absolute Gasteiger partial charge is 0.234 e. The fourth-order valence-electron chi connectivity index (χ4n) is 1.36. The molecule has 1 aliphatic rings. The van der Waals surface area contributed by atoms with Crippen LogP contribution in [-0.4, -0.2) is 29.7 Å². The number of hydrogen-bond donors (Lipinski definition) is 3. The van der Waals surface area contributed by atoms with Crippen LogP contribution < -0.4 is 11.1 Å². The van der Waals surface area contributed by atoms with Crippen molar-refractivity contribution in [3.63, 3.8) is 0 Å². The van der Waals surface area contributed by atoms with E-state index in [0.29, 0.717) is 18.9 Å². The van der Waals surface area contributed by atoms with Crippen LogP contribution in [0.2, 0.25) is 0 Å². The molecule has 0 saturated heterocycles. The van der Waals surface area contributed by atoms with Gasteiger partial charge in [0, 0.05) is 6.54 Å². The molecule has 4 N–H and O–H groups in total. The fourth-order valence-corrected chi connectivity index (χ4v) is 1.36. The summed E-state index contributed by atoms with van der Waals surface area (Å²) in [6.45, 7) is 2.37. The number of rotatable bonds is 6.